The summed E-state index contributed by atoms with van der Waals surface area (Å²) < 4.78 is 36.0. The van der Waals surface area contributed by atoms with Crippen molar-refractivity contribution in [3.8, 4) is 11.5 Å². The van der Waals surface area contributed by atoms with Gasteiger partial charge in [-0.05, 0) is 23.8 Å². The highest BCUT2D eigenvalue weighted by Gasteiger charge is 2.18. The van der Waals surface area contributed by atoms with Crippen LogP contribution in [0.15, 0.2) is 52.9 Å². The van der Waals surface area contributed by atoms with Gasteiger partial charge in [-0.3, -0.25) is 0 Å². The molecule has 0 amide bonds. The number of nitrogens with zero attached hydrogens (tertiary/aromatic N) is 1. The summed E-state index contributed by atoms with van der Waals surface area (Å²) in [4.78, 5) is 0. The normalized spacial score (nSPS) is 15.2. The molecule has 1 aliphatic rings. The van der Waals surface area contributed by atoms with Crippen LogP contribution in [0.1, 0.15) is 11.1 Å². The third-order valence-electron chi connectivity index (χ3n) is 2.75. The minimum absolute atomic E-state index is 0.257. The third-order valence-corrected chi connectivity index (χ3v) is 3.50. The Kier molecular flexibility index (Phi) is 3.15. The van der Waals surface area contributed by atoms with Crippen LogP contribution in [0, 0.1) is 0 Å². The molecule has 1 heterocycles. The SMILES string of the molecule is O=S1(=O)N=Cc2cc(OCc3ccccc3)ccc2O1. The Labute approximate surface area is 116 Å². The Morgan fingerprint density at radius 2 is 1.90 bits per heavy atom. The van der Waals surface area contributed by atoms with Crippen LogP contribution in [-0.2, 0) is 16.9 Å². The second-order valence-electron chi connectivity index (χ2n) is 4.22. The molecule has 0 atom stereocenters. The molecule has 102 valence electrons. The largest absolute Gasteiger partial charge is 0.489 e. The van der Waals surface area contributed by atoms with Crippen LogP contribution in [0.5, 0.6) is 11.5 Å². The fourth-order valence-electron chi connectivity index (χ4n) is 1.79. The molecule has 0 saturated carbocycles. The Balaban J connectivity index is 1.77. The van der Waals surface area contributed by atoms with Crippen molar-refractivity contribution in [2.45, 2.75) is 6.61 Å². The highest BCUT2D eigenvalue weighted by Crippen LogP contribution is 2.27. The van der Waals surface area contributed by atoms with Crippen molar-refractivity contribution in [3.05, 3.63) is 59.7 Å². The van der Waals surface area contributed by atoms with Gasteiger partial charge < -0.3 is 8.92 Å². The summed E-state index contributed by atoms with van der Waals surface area (Å²) >= 11 is 0. The zero-order valence-corrected chi connectivity index (χ0v) is 11.2. The van der Waals surface area contributed by atoms with Crippen LogP contribution < -0.4 is 8.92 Å². The van der Waals surface area contributed by atoms with Gasteiger partial charge in [0.1, 0.15) is 12.4 Å². The van der Waals surface area contributed by atoms with E-state index in [1.165, 1.54) is 6.21 Å². The second-order valence-corrected chi connectivity index (χ2v) is 5.45. The van der Waals surface area contributed by atoms with E-state index in [0.29, 0.717) is 17.9 Å². The molecule has 0 aromatic heterocycles. The molecular formula is C14H11NO4S. The quantitative estimate of drug-likeness (QED) is 0.869. The molecule has 0 fully saturated rings. The molecule has 0 radical (unpaired) electrons. The van der Waals surface area contributed by atoms with Gasteiger partial charge in [-0.15, -0.1) is 4.40 Å². The van der Waals surface area contributed by atoms with Gasteiger partial charge in [0.2, 0.25) is 0 Å². The minimum atomic E-state index is -3.84. The van der Waals surface area contributed by atoms with Crippen LogP contribution in [0.4, 0.5) is 0 Å². The molecule has 0 saturated heterocycles. The van der Waals surface area contributed by atoms with Gasteiger partial charge in [-0.25, -0.2) is 0 Å². The molecule has 2 aromatic rings. The van der Waals surface area contributed by atoms with Crippen molar-refractivity contribution >= 4 is 16.5 Å². The number of hydrogen-bond donors (Lipinski definition) is 0. The molecule has 0 aliphatic carbocycles. The van der Waals surface area contributed by atoms with Crippen molar-refractivity contribution in [1.29, 1.82) is 0 Å². The first-order valence-electron chi connectivity index (χ1n) is 5.93. The molecule has 0 spiro atoms. The summed E-state index contributed by atoms with van der Waals surface area (Å²) in [6, 6.07) is 14.7. The fraction of sp³-hybridized carbons (Fsp3) is 0.0714. The molecule has 20 heavy (non-hydrogen) atoms. The maximum atomic E-state index is 11.2. The van der Waals surface area contributed by atoms with Crippen molar-refractivity contribution in [1.82, 2.24) is 0 Å². The monoisotopic (exact) mass is 289 g/mol. The summed E-state index contributed by atoms with van der Waals surface area (Å²) in [6.07, 6.45) is 1.25. The van der Waals surface area contributed by atoms with Crippen LogP contribution in [0.25, 0.3) is 0 Å². The van der Waals surface area contributed by atoms with E-state index in [2.05, 4.69) is 4.40 Å². The lowest BCUT2D eigenvalue weighted by Gasteiger charge is -2.12. The first kappa shape index (κ1) is 12.7. The summed E-state index contributed by atoms with van der Waals surface area (Å²) in [5, 5.41) is 0. The van der Waals surface area contributed by atoms with E-state index < -0.39 is 10.3 Å². The van der Waals surface area contributed by atoms with Gasteiger partial charge in [0.25, 0.3) is 0 Å². The molecule has 0 N–H and O–H groups in total. The van der Waals surface area contributed by atoms with Gasteiger partial charge in [0.05, 0.1) is 6.21 Å². The summed E-state index contributed by atoms with van der Waals surface area (Å²) in [5.74, 6) is 0.883. The number of benzene rings is 2. The van der Waals surface area contributed by atoms with Crippen molar-refractivity contribution in [3.63, 3.8) is 0 Å². The first-order chi connectivity index (χ1) is 9.62. The maximum absolute atomic E-state index is 11.2. The van der Waals surface area contributed by atoms with Crippen LogP contribution >= 0.6 is 0 Å². The van der Waals surface area contributed by atoms with Gasteiger partial charge in [-0.1, -0.05) is 30.3 Å². The van der Waals surface area contributed by atoms with Gasteiger partial charge in [0, 0.05) is 5.56 Å². The van der Waals surface area contributed by atoms with E-state index in [4.69, 9.17) is 8.92 Å². The molecule has 0 unspecified atom stereocenters. The van der Waals surface area contributed by atoms with Gasteiger partial charge in [0.15, 0.2) is 5.75 Å². The average molecular weight is 289 g/mol. The predicted molar refractivity (Wildman–Crippen MR) is 74.4 cm³/mol. The number of hydrogen-bond acceptors (Lipinski definition) is 4. The van der Waals surface area contributed by atoms with Crippen molar-refractivity contribution in [2.75, 3.05) is 0 Å². The van der Waals surface area contributed by atoms with Crippen molar-refractivity contribution < 1.29 is 17.3 Å². The van der Waals surface area contributed by atoms with Gasteiger partial charge >= 0.3 is 10.3 Å². The second kappa shape index (κ2) is 4.97. The van der Waals surface area contributed by atoms with Gasteiger partial charge in [-0.2, -0.15) is 8.42 Å². The molecule has 6 heteroatoms. The molecule has 3 rings (SSSR count). The number of fused-ring (bicyclic) bond motifs is 1. The smallest absolute Gasteiger partial charge is 0.428 e. The van der Waals surface area contributed by atoms with E-state index >= 15 is 0 Å². The standard InChI is InChI=1S/C14H11NO4S/c16-20(17)15-9-12-8-13(6-7-14(12)19-20)18-10-11-4-2-1-3-5-11/h1-9H,10H2. The lowest BCUT2D eigenvalue weighted by Crippen LogP contribution is -2.12. The van der Waals surface area contributed by atoms with Crippen molar-refractivity contribution in [2.24, 2.45) is 4.40 Å². The van der Waals surface area contributed by atoms with Crippen LogP contribution in [0.3, 0.4) is 0 Å². The van der Waals surface area contributed by atoms with E-state index in [1.807, 2.05) is 30.3 Å². The summed E-state index contributed by atoms with van der Waals surface area (Å²) in [5.41, 5.74) is 1.63. The lowest BCUT2D eigenvalue weighted by molar-refractivity contribution is 0.306. The van der Waals surface area contributed by atoms with E-state index in [9.17, 15) is 8.42 Å². The Bertz CT molecular complexity index is 754. The van der Waals surface area contributed by atoms with Crippen LogP contribution in [-0.4, -0.2) is 14.6 Å². The van der Waals surface area contributed by atoms with E-state index in [0.717, 1.165) is 5.56 Å². The topological polar surface area (TPSA) is 65.0 Å². The van der Waals surface area contributed by atoms with E-state index in [1.54, 1.807) is 18.2 Å². The Morgan fingerprint density at radius 3 is 2.70 bits per heavy atom. The first-order valence-corrected chi connectivity index (χ1v) is 7.29. The number of rotatable bonds is 3. The Morgan fingerprint density at radius 1 is 1.10 bits per heavy atom. The maximum Gasteiger partial charge on any atom is 0.428 e. The fourth-order valence-corrected chi connectivity index (χ4v) is 2.45. The summed E-state index contributed by atoms with van der Waals surface area (Å²) in [6.45, 7) is 0.440. The average Bonchev–Trinajstić information content (AvgIpc) is 2.45. The zero-order valence-electron chi connectivity index (χ0n) is 10.4. The molecular weight excluding hydrogens is 278 g/mol. The highest BCUT2D eigenvalue weighted by molar-refractivity contribution is 7.86. The highest BCUT2D eigenvalue weighted by atomic mass is 32.2. The molecule has 1 aliphatic heterocycles. The predicted octanol–water partition coefficient (Wildman–Crippen LogP) is 2.32. The minimum Gasteiger partial charge on any atom is -0.489 e. The number of ether oxygens (including phenoxy) is 1. The zero-order chi connectivity index (χ0) is 14.0. The summed E-state index contributed by atoms with van der Waals surface area (Å²) in [7, 11) is -3.84. The van der Waals surface area contributed by atoms with Crippen LogP contribution in [0.2, 0.25) is 0 Å². The molecule has 2 aromatic carbocycles. The lowest BCUT2D eigenvalue weighted by atomic mass is 10.2. The molecule has 0 bridgehead atoms. The Hall–Kier alpha value is -2.34. The third kappa shape index (κ3) is 2.80. The van der Waals surface area contributed by atoms with E-state index in [-0.39, 0.29) is 5.75 Å². The molecule has 5 nitrogen and oxygen atoms in total.